The summed E-state index contributed by atoms with van der Waals surface area (Å²) < 4.78 is 5.14. The molecule has 24 heavy (non-hydrogen) atoms. The number of rotatable bonds is 8. The third-order valence-electron chi connectivity index (χ3n) is 3.24. The van der Waals surface area contributed by atoms with E-state index in [0.29, 0.717) is 6.42 Å². The fraction of sp³-hybridized carbons (Fsp3) is 0.500. The first kappa shape index (κ1) is 19.4. The van der Waals surface area contributed by atoms with Crippen molar-refractivity contribution in [2.24, 2.45) is 5.41 Å². The van der Waals surface area contributed by atoms with Gasteiger partial charge in [0.25, 0.3) is 5.91 Å². The number of amides is 1. The molecule has 1 rings (SSSR count). The Balaban J connectivity index is 2.61. The van der Waals surface area contributed by atoms with Crippen molar-refractivity contribution >= 4 is 17.6 Å². The number of carbonyl (C=O) groups excluding carboxylic acids is 1. The molecular formula is C16H22N2O6. The monoisotopic (exact) mass is 338 g/mol. The predicted molar refractivity (Wildman–Crippen MR) is 86.8 cm³/mol. The van der Waals surface area contributed by atoms with Gasteiger partial charge in [0.1, 0.15) is 6.04 Å². The molecule has 0 saturated heterocycles. The van der Waals surface area contributed by atoms with Gasteiger partial charge in [0.05, 0.1) is 4.92 Å². The molecular weight excluding hydrogens is 316 g/mol. The Morgan fingerprint density at radius 3 is 2.50 bits per heavy atom. The highest BCUT2D eigenvalue weighted by molar-refractivity contribution is 5.84. The standard InChI is InChI=1S/C16H22N2O6/c1-16(2,3)9-8-11(15(20)21)17-14(19)10-24-13-7-5-4-6-12(13)18(22)23/h4-7,11H,8-10H2,1-3H3,(H,17,19)(H,20,21). The predicted octanol–water partition coefficient (Wildman–Crippen LogP) is 2.37. The van der Waals surface area contributed by atoms with E-state index in [4.69, 9.17) is 4.74 Å². The number of hydrogen-bond donors (Lipinski definition) is 2. The normalized spacial score (nSPS) is 12.3. The van der Waals surface area contributed by atoms with Crippen molar-refractivity contribution in [3.05, 3.63) is 34.4 Å². The highest BCUT2D eigenvalue weighted by Gasteiger charge is 2.23. The smallest absolute Gasteiger partial charge is 0.326 e. The van der Waals surface area contributed by atoms with Crippen molar-refractivity contribution in [2.75, 3.05) is 6.61 Å². The molecule has 0 aliphatic heterocycles. The van der Waals surface area contributed by atoms with Gasteiger partial charge in [-0.05, 0) is 24.3 Å². The van der Waals surface area contributed by atoms with Crippen LogP contribution in [0.25, 0.3) is 0 Å². The quantitative estimate of drug-likeness (QED) is 0.555. The molecule has 8 heteroatoms. The van der Waals surface area contributed by atoms with Gasteiger partial charge >= 0.3 is 11.7 Å². The van der Waals surface area contributed by atoms with E-state index in [1.807, 2.05) is 20.8 Å². The molecule has 0 saturated carbocycles. The first-order valence-corrected chi connectivity index (χ1v) is 7.48. The molecule has 8 nitrogen and oxygen atoms in total. The maximum atomic E-state index is 11.9. The number of aliphatic carboxylic acids is 1. The highest BCUT2D eigenvalue weighted by Crippen LogP contribution is 2.25. The van der Waals surface area contributed by atoms with Gasteiger partial charge in [-0.25, -0.2) is 4.79 Å². The molecule has 0 spiro atoms. The molecule has 0 fully saturated rings. The van der Waals surface area contributed by atoms with Gasteiger partial charge in [0.15, 0.2) is 12.4 Å². The van der Waals surface area contributed by atoms with Gasteiger partial charge in [-0.1, -0.05) is 32.9 Å². The summed E-state index contributed by atoms with van der Waals surface area (Å²) in [5.41, 5.74) is -0.313. The molecule has 0 aromatic heterocycles. The molecule has 0 aliphatic rings. The van der Waals surface area contributed by atoms with E-state index in [2.05, 4.69) is 5.32 Å². The number of nitrogens with one attached hydrogen (secondary N) is 1. The molecule has 2 N–H and O–H groups in total. The van der Waals surface area contributed by atoms with Crippen LogP contribution in [0.2, 0.25) is 0 Å². The summed E-state index contributed by atoms with van der Waals surface area (Å²) in [4.78, 5) is 33.3. The Hall–Kier alpha value is -2.64. The van der Waals surface area contributed by atoms with Crippen molar-refractivity contribution in [2.45, 2.75) is 39.7 Å². The number of nitro benzene ring substituents is 1. The summed E-state index contributed by atoms with van der Waals surface area (Å²) in [7, 11) is 0. The first-order chi connectivity index (χ1) is 11.1. The third-order valence-corrected chi connectivity index (χ3v) is 3.24. The van der Waals surface area contributed by atoms with Crippen molar-refractivity contribution in [3.8, 4) is 5.75 Å². The van der Waals surface area contributed by atoms with Crippen molar-refractivity contribution in [1.29, 1.82) is 0 Å². The number of hydrogen-bond acceptors (Lipinski definition) is 5. The number of carbonyl (C=O) groups is 2. The largest absolute Gasteiger partial charge is 0.480 e. The lowest BCUT2D eigenvalue weighted by Crippen LogP contribution is -2.43. The zero-order chi connectivity index (χ0) is 18.3. The molecule has 0 heterocycles. The van der Waals surface area contributed by atoms with Gasteiger partial charge in [-0.2, -0.15) is 0 Å². The Labute approximate surface area is 140 Å². The molecule has 1 atom stereocenters. The number of benzene rings is 1. The summed E-state index contributed by atoms with van der Waals surface area (Å²) in [5.74, 6) is -1.81. The van der Waals surface area contributed by atoms with E-state index in [1.165, 1.54) is 18.2 Å². The molecule has 0 radical (unpaired) electrons. The van der Waals surface area contributed by atoms with Crippen LogP contribution in [0, 0.1) is 15.5 Å². The number of nitro groups is 1. The summed E-state index contributed by atoms with van der Waals surface area (Å²) in [5, 5.41) is 22.4. The first-order valence-electron chi connectivity index (χ1n) is 7.48. The lowest BCUT2D eigenvalue weighted by atomic mass is 9.88. The summed E-state index contributed by atoms with van der Waals surface area (Å²) in [6, 6.07) is 4.64. The van der Waals surface area contributed by atoms with E-state index in [9.17, 15) is 24.8 Å². The fourth-order valence-corrected chi connectivity index (χ4v) is 1.94. The van der Waals surface area contributed by atoms with Gasteiger partial charge in [0.2, 0.25) is 0 Å². The Kier molecular flexibility index (Phi) is 6.69. The fourth-order valence-electron chi connectivity index (χ4n) is 1.94. The minimum absolute atomic E-state index is 0.0424. The SMILES string of the molecule is CC(C)(C)CCC(NC(=O)COc1ccccc1[N+](=O)[O-])C(=O)O. The lowest BCUT2D eigenvalue weighted by molar-refractivity contribution is -0.385. The minimum atomic E-state index is -1.13. The molecule has 132 valence electrons. The summed E-state index contributed by atoms with van der Waals surface area (Å²) >= 11 is 0. The molecule has 1 amide bonds. The number of carboxylic acid groups (broad SMARTS) is 1. The molecule has 0 aliphatic carbocycles. The second-order valence-corrected chi connectivity index (χ2v) is 6.57. The zero-order valence-electron chi connectivity index (χ0n) is 13.9. The van der Waals surface area contributed by atoms with Gasteiger partial charge in [0, 0.05) is 6.07 Å². The van der Waals surface area contributed by atoms with Gasteiger partial charge in [-0.3, -0.25) is 14.9 Å². The molecule has 1 aromatic rings. The van der Waals surface area contributed by atoms with Crippen LogP contribution >= 0.6 is 0 Å². The number of ether oxygens (including phenoxy) is 1. The maximum absolute atomic E-state index is 11.9. The second kappa shape index (κ2) is 8.28. The molecule has 1 unspecified atom stereocenters. The Morgan fingerprint density at radius 1 is 1.33 bits per heavy atom. The van der Waals surface area contributed by atoms with E-state index >= 15 is 0 Å². The highest BCUT2D eigenvalue weighted by atomic mass is 16.6. The molecule has 1 aromatic carbocycles. The van der Waals surface area contributed by atoms with Crippen LogP contribution in [0.15, 0.2) is 24.3 Å². The van der Waals surface area contributed by atoms with Crippen LogP contribution in [0.3, 0.4) is 0 Å². The van der Waals surface area contributed by atoms with Crippen LogP contribution in [0.5, 0.6) is 5.75 Å². The number of nitrogens with zero attached hydrogens (tertiary/aromatic N) is 1. The van der Waals surface area contributed by atoms with Crippen LogP contribution in [-0.2, 0) is 9.59 Å². The van der Waals surface area contributed by atoms with Crippen LogP contribution in [0.1, 0.15) is 33.6 Å². The van der Waals surface area contributed by atoms with Crippen molar-refractivity contribution in [3.63, 3.8) is 0 Å². The Bertz CT molecular complexity index is 609. The number of para-hydroxylation sites is 2. The minimum Gasteiger partial charge on any atom is -0.480 e. The van der Waals surface area contributed by atoms with E-state index < -0.39 is 29.4 Å². The zero-order valence-corrected chi connectivity index (χ0v) is 13.9. The molecule has 0 bridgehead atoms. The maximum Gasteiger partial charge on any atom is 0.326 e. The Morgan fingerprint density at radius 2 is 1.96 bits per heavy atom. The average Bonchev–Trinajstić information content (AvgIpc) is 2.48. The van der Waals surface area contributed by atoms with Crippen LogP contribution in [0.4, 0.5) is 5.69 Å². The topological polar surface area (TPSA) is 119 Å². The summed E-state index contributed by atoms with van der Waals surface area (Å²) in [6.45, 7) is 5.44. The third kappa shape index (κ3) is 6.64. The number of carboxylic acids is 1. The average molecular weight is 338 g/mol. The van der Waals surface area contributed by atoms with E-state index in [0.717, 1.165) is 0 Å². The van der Waals surface area contributed by atoms with E-state index in [-0.39, 0.29) is 23.3 Å². The van der Waals surface area contributed by atoms with Gasteiger partial charge in [-0.15, -0.1) is 0 Å². The second-order valence-electron chi connectivity index (χ2n) is 6.57. The van der Waals surface area contributed by atoms with Crippen molar-refractivity contribution in [1.82, 2.24) is 5.32 Å². The van der Waals surface area contributed by atoms with E-state index in [1.54, 1.807) is 6.07 Å². The van der Waals surface area contributed by atoms with Crippen LogP contribution < -0.4 is 10.1 Å². The van der Waals surface area contributed by atoms with Crippen LogP contribution in [-0.4, -0.2) is 34.6 Å². The summed E-state index contributed by atoms with van der Waals surface area (Å²) in [6.07, 6.45) is 0.908. The van der Waals surface area contributed by atoms with Crippen molar-refractivity contribution < 1.29 is 24.4 Å². The van der Waals surface area contributed by atoms with Gasteiger partial charge < -0.3 is 15.2 Å². The lowest BCUT2D eigenvalue weighted by Gasteiger charge is -2.21.